The molecule has 0 unspecified atom stereocenters. The first-order chi connectivity index (χ1) is 21.4. The molecule has 8 rings (SSSR count). The normalized spacial score (nSPS) is 17.1. The van der Waals surface area contributed by atoms with E-state index in [0.717, 1.165) is 73.6 Å². The molecule has 8 nitrogen and oxygen atoms in total. The molecule has 0 aromatic heterocycles. The van der Waals surface area contributed by atoms with Gasteiger partial charge in [-0.1, -0.05) is 0 Å². The van der Waals surface area contributed by atoms with Crippen LogP contribution in [0.5, 0.6) is 11.5 Å². The summed E-state index contributed by atoms with van der Waals surface area (Å²) in [4.78, 5) is 59.2. The van der Waals surface area contributed by atoms with E-state index in [0.29, 0.717) is 55.9 Å². The van der Waals surface area contributed by atoms with Gasteiger partial charge in [0.05, 0.1) is 25.6 Å². The van der Waals surface area contributed by atoms with E-state index >= 15 is 0 Å². The molecule has 2 heterocycles. The minimum absolute atomic E-state index is 0.292. The Balaban J connectivity index is 1.29. The van der Waals surface area contributed by atoms with E-state index in [-0.39, 0.29) is 0 Å². The van der Waals surface area contributed by atoms with Crippen LogP contribution in [0.2, 0.25) is 0 Å². The van der Waals surface area contributed by atoms with Crippen molar-refractivity contribution in [2.24, 2.45) is 0 Å². The molecule has 4 amide bonds. The van der Waals surface area contributed by atoms with Crippen LogP contribution >= 0.6 is 0 Å². The molecule has 0 bridgehead atoms. The van der Waals surface area contributed by atoms with Crippen LogP contribution in [-0.4, -0.2) is 37.8 Å². The summed E-state index contributed by atoms with van der Waals surface area (Å²) in [6.07, 6.45) is 7.24. The van der Waals surface area contributed by atoms with Crippen molar-refractivity contribution < 1.29 is 28.7 Å². The summed E-state index contributed by atoms with van der Waals surface area (Å²) in [7, 11) is 3.15. The fourth-order valence-electron chi connectivity index (χ4n) is 7.58. The Hall–Kier alpha value is -4.98. The lowest BCUT2D eigenvalue weighted by molar-refractivity contribution is 0.0872. The molecule has 8 heteroatoms. The van der Waals surface area contributed by atoms with E-state index in [1.165, 1.54) is 9.80 Å². The highest BCUT2D eigenvalue weighted by Crippen LogP contribution is 2.44. The fourth-order valence-corrected chi connectivity index (χ4v) is 7.58. The SMILES string of the molecule is COc1cc2c(c(N3C(=O)c4ccc5c6c(ccc(c46)C3=O)C(=O)N(c3cc(OC)cc4c3CCCC4)C5=O)c1)CCCC2. The van der Waals surface area contributed by atoms with Crippen LogP contribution in [-0.2, 0) is 25.7 Å². The van der Waals surface area contributed by atoms with Gasteiger partial charge in [-0.25, -0.2) is 9.80 Å². The summed E-state index contributed by atoms with van der Waals surface area (Å²) in [5.74, 6) is -0.720. The molecule has 0 atom stereocenters. The van der Waals surface area contributed by atoms with E-state index in [2.05, 4.69) is 0 Å². The topological polar surface area (TPSA) is 93.2 Å². The number of hydrogen-bond donors (Lipinski definition) is 0. The van der Waals surface area contributed by atoms with Crippen LogP contribution in [0.15, 0.2) is 48.5 Å². The summed E-state index contributed by atoms with van der Waals surface area (Å²) in [5.41, 5.74) is 6.37. The van der Waals surface area contributed by atoms with Crippen LogP contribution in [0.4, 0.5) is 11.4 Å². The summed E-state index contributed by atoms with van der Waals surface area (Å²) in [6, 6.07) is 14.0. The van der Waals surface area contributed by atoms with Gasteiger partial charge >= 0.3 is 0 Å². The van der Waals surface area contributed by atoms with Gasteiger partial charge in [-0.05, 0) is 110 Å². The minimum Gasteiger partial charge on any atom is -0.497 e. The Labute approximate surface area is 254 Å². The van der Waals surface area contributed by atoms with Crippen molar-refractivity contribution in [2.45, 2.75) is 51.4 Å². The molecule has 0 radical (unpaired) electrons. The van der Waals surface area contributed by atoms with Gasteiger partial charge in [0, 0.05) is 45.2 Å². The lowest BCUT2D eigenvalue weighted by Gasteiger charge is -2.34. The number of ether oxygens (including phenoxy) is 2. The fraction of sp³-hybridized carbons (Fsp3) is 0.278. The Morgan fingerprint density at radius 2 is 0.841 bits per heavy atom. The Bertz CT molecular complexity index is 1780. The van der Waals surface area contributed by atoms with Crippen molar-refractivity contribution in [3.05, 3.63) is 93.0 Å². The first-order valence-electron chi connectivity index (χ1n) is 15.2. The first kappa shape index (κ1) is 26.6. The number of rotatable bonds is 4. The number of fused-ring (bicyclic) bond motifs is 2. The molecular formula is C36H30N2O6. The van der Waals surface area contributed by atoms with Gasteiger partial charge in [-0.15, -0.1) is 0 Å². The third-order valence-corrected chi connectivity index (χ3v) is 9.68. The number of carbonyl (C=O) groups is 4. The number of aryl methyl sites for hydroxylation is 2. The Morgan fingerprint density at radius 1 is 0.500 bits per heavy atom. The van der Waals surface area contributed by atoms with Gasteiger partial charge in [0.2, 0.25) is 0 Å². The lowest BCUT2D eigenvalue weighted by Crippen LogP contribution is -2.44. The monoisotopic (exact) mass is 586 g/mol. The number of amides is 4. The molecule has 2 aliphatic heterocycles. The highest BCUT2D eigenvalue weighted by molar-refractivity contribution is 6.42. The largest absolute Gasteiger partial charge is 0.497 e. The quantitative estimate of drug-likeness (QED) is 0.264. The van der Waals surface area contributed by atoms with Crippen molar-refractivity contribution in [2.75, 3.05) is 24.0 Å². The van der Waals surface area contributed by atoms with E-state index in [4.69, 9.17) is 9.47 Å². The lowest BCUT2D eigenvalue weighted by atomic mass is 9.84. The zero-order chi connectivity index (χ0) is 30.3. The highest BCUT2D eigenvalue weighted by atomic mass is 16.5. The highest BCUT2D eigenvalue weighted by Gasteiger charge is 2.42. The van der Waals surface area contributed by atoms with Crippen LogP contribution in [0.3, 0.4) is 0 Å². The summed E-state index contributed by atoms with van der Waals surface area (Å²) >= 11 is 0. The first-order valence-corrected chi connectivity index (χ1v) is 15.2. The molecular weight excluding hydrogens is 556 g/mol. The molecule has 0 fully saturated rings. The second-order valence-corrected chi connectivity index (χ2v) is 11.9. The molecule has 44 heavy (non-hydrogen) atoms. The van der Waals surface area contributed by atoms with Crippen LogP contribution in [0.1, 0.15) is 89.4 Å². The molecule has 2 aliphatic carbocycles. The van der Waals surface area contributed by atoms with Crippen molar-refractivity contribution in [1.29, 1.82) is 0 Å². The summed E-state index contributed by atoms with van der Waals surface area (Å²) in [6.45, 7) is 0. The smallest absolute Gasteiger partial charge is 0.265 e. The van der Waals surface area contributed by atoms with Crippen LogP contribution < -0.4 is 19.3 Å². The summed E-state index contributed by atoms with van der Waals surface area (Å²) < 4.78 is 11.1. The number of methoxy groups -OCH3 is 2. The summed E-state index contributed by atoms with van der Waals surface area (Å²) in [5, 5.41) is 0.717. The van der Waals surface area contributed by atoms with Gasteiger partial charge in [0.25, 0.3) is 23.6 Å². The third kappa shape index (κ3) is 3.63. The molecule has 0 N–H and O–H groups in total. The molecule has 4 aromatic carbocycles. The zero-order valence-corrected chi connectivity index (χ0v) is 24.6. The zero-order valence-electron chi connectivity index (χ0n) is 24.6. The van der Waals surface area contributed by atoms with Gasteiger partial charge in [0.1, 0.15) is 11.5 Å². The third-order valence-electron chi connectivity index (χ3n) is 9.68. The minimum atomic E-state index is -0.476. The Kier molecular flexibility index (Phi) is 5.92. The van der Waals surface area contributed by atoms with Gasteiger partial charge in [0.15, 0.2) is 0 Å². The van der Waals surface area contributed by atoms with Gasteiger partial charge in [-0.2, -0.15) is 0 Å². The molecule has 0 spiro atoms. The van der Waals surface area contributed by atoms with E-state index in [1.54, 1.807) is 50.6 Å². The van der Waals surface area contributed by atoms with E-state index in [9.17, 15) is 19.2 Å². The number of carbonyl (C=O) groups excluding carboxylic acids is 4. The molecule has 220 valence electrons. The predicted octanol–water partition coefficient (Wildman–Crippen LogP) is 6.22. The predicted molar refractivity (Wildman–Crippen MR) is 165 cm³/mol. The second-order valence-electron chi connectivity index (χ2n) is 11.9. The molecule has 0 saturated heterocycles. The van der Waals surface area contributed by atoms with Crippen LogP contribution in [0, 0.1) is 0 Å². The maximum absolute atomic E-state index is 14.2. The molecule has 0 saturated carbocycles. The number of nitrogens with zero attached hydrogens (tertiary/aromatic N) is 2. The van der Waals surface area contributed by atoms with Crippen molar-refractivity contribution in [3.8, 4) is 11.5 Å². The number of benzene rings is 4. The molecule has 4 aliphatic rings. The Morgan fingerprint density at radius 3 is 1.18 bits per heavy atom. The van der Waals surface area contributed by atoms with Crippen molar-refractivity contribution in [1.82, 2.24) is 0 Å². The van der Waals surface area contributed by atoms with Crippen molar-refractivity contribution in [3.63, 3.8) is 0 Å². The number of hydrogen-bond acceptors (Lipinski definition) is 6. The standard InChI is InChI=1S/C36H30N2O6/c1-43-21-15-19-7-3-5-9-23(19)29(17-21)37-33(39)25-11-13-27-32-28(14-12-26(31(25)32)34(37)40)36(42)38(35(27)41)30-18-22(44-2)16-20-8-4-6-10-24(20)30/h11-18H,3-10H2,1-2H3. The van der Waals surface area contributed by atoms with E-state index < -0.39 is 23.6 Å². The average molecular weight is 587 g/mol. The van der Waals surface area contributed by atoms with Crippen LogP contribution in [0.25, 0.3) is 10.8 Å². The second kappa shape index (κ2) is 9.77. The van der Waals surface area contributed by atoms with Gasteiger partial charge < -0.3 is 9.47 Å². The number of anilines is 2. The number of imide groups is 2. The van der Waals surface area contributed by atoms with E-state index in [1.807, 2.05) is 12.1 Å². The maximum Gasteiger partial charge on any atom is 0.265 e. The van der Waals surface area contributed by atoms with Crippen molar-refractivity contribution >= 4 is 45.8 Å². The molecule has 4 aromatic rings. The van der Waals surface area contributed by atoms with Gasteiger partial charge in [-0.3, -0.25) is 19.2 Å². The average Bonchev–Trinajstić information content (AvgIpc) is 3.05. The maximum atomic E-state index is 14.2.